The van der Waals surface area contributed by atoms with Gasteiger partial charge in [0.15, 0.2) is 0 Å². The summed E-state index contributed by atoms with van der Waals surface area (Å²) in [4.78, 5) is 13.2. The molecule has 1 aromatic heterocycles. The topological polar surface area (TPSA) is 54.3 Å². The van der Waals surface area contributed by atoms with Crippen LogP contribution in [0.2, 0.25) is 0 Å². The quantitative estimate of drug-likeness (QED) is 0.845. The van der Waals surface area contributed by atoms with Crippen molar-refractivity contribution >= 4 is 23.5 Å². The van der Waals surface area contributed by atoms with Gasteiger partial charge in [0.2, 0.25) is 0 Å². The van der Waals surface area contributed by atoms with E-state index in [-0.39, 0.29) is 6.03 Å². The maximum atomic E-state index is 12.0. The number of carbonyl (C=O) groups is 1. The fraction of sp³-hybridized carbons (Fsp3) is 0.353. The average molecular weight is 316 g/mol. The number of para-hydroxylation sites is 1. The Morgan fingerprint density at radius 3 is 2.77 bits per heavy atom. The lowest BCUT2D eigenvalue weighted by Crippen LogP contribution is -2.28. The zero-order valence-electron chi connectivity index (χ0n) is 12.4. The molecule has 0 aliphatic heterocycles. The standard InChI is InChI=1S/C17H20N2O2S/c20-17(18-12-13-6-5-11-21-13)19-15-9-3-4-10-16(15)22-14-7-1-2-8-14/h3-6,9-11,14H,1-2,7-8,12H2,(H2,18,19,20). The molecule has 0 radical (unpaired) electrons. The number of thioether (sulfide) groups is 1. The number of hydrogen-bond donors (Lipinski definition) is 2. The van der Waals surface area contributed by atoms with Crippen molar-refractivity contribution in [3.8, 4) is 0 Å². The summed E-state index contributed by atoms with van der Waals surface area (Å²) < 4.78 is 5.20. The molecule has 116 valence electrons. The predicted molar refractivity (Wildman–Crippen MR) is 89.1 cm³/mol. The summed E-state index contributed by atoms with van der Waals surface area (Å²) in [5.41, 5.74) is 0.872. The molecule has 0 atom stereocenters. The molecule has 1 fully saturated rings. The van der Waals surface area contributed by atoms with Gasteiger partial charge in [-0.3, -0.25) is 0 Å². The minimum absolute atomic E-state index is 0.212. The zero-order valence-corrected chi connectivity index (χ0v) is 13.2. The van der Waals surface area contributed by atoms with Crippen LogP contribution in [0.15, 0.2) is 52.0 Å². The Bertz CT molecular complexity index is 607. The van der Waals surface area contributed by atoms with Gasteiger partial charge in [0.25, 0.3) is 0 Å². The summed E-state index contributed by atoms with van der Waals surface area (Å²) in [6, 6.07) is 11.4. The van der Waals surface area contributed by atoms with Gasteiger partial charge < -0.3 is 15.1 Å². The van der Waals surface area contributed by atoms with Gasteiger partial charge in [-0.15, -0.1) is 11.8 Å². The van der Waals surface area contributed by atoms with Crippen molar-refractivity contribution in [3.63, 3.8) is 0 Å². The smallest absolute Gasteiger partial charge is 0.319 e. The Hall–Kier alpha value is -1.88. The summed E-state index contributed by atoms with van der Waals surface area (Å²) in [5.74, 6) is 0.740. The van der Waals surface area contributed by atoms with Gasteiger partial charge in [0.05, 0.1) is 18.5 Å². The lowest BCUT2D eigenvalue weighted by atomic mass is 10.3. The summed E-state index contributed by atoms with van der Waals surface area (Å²) >= 11 is 1.87. The minimum Gasteiger partial charge on any atom is -0.467 e. The number of nitrogens with one attached hydrogen (secondary N) is 2. The third kappa shape index (κ3) is 4.07. The highest BCUT2D eigenvalue weighted by atomic mass is 32.2. The molecule has 2 amide bonds. The molecule has 0 spiro atoms. The molecule has 2 aromatic rings. The van der Waals surface area contributed by atoms with Crippen LogP contribution >= 0.6 is 11.8 Å². The van der Waals surface area contributed by atoms with E-state index in [1.165, 1.54) is 25.7 Å². The van der Waals surface area contributed by atoms with Crippen LogP contribution in [0.3, 0.4) is 0 Å². The molecule has 0 bridgehead atoms. The van der Waals surface area contributed by atoms with E-state index in [0.29, 0.717) is 11.8 Å². The lowest BCUT2D eigenvalue weighted by Gasteiger charge is -2.14. The van der Waals surface area contributed by atoms with Crippen molar-refractivity contribution in [2.45, 2.75) is 42.4 Å². The van der Waals surface area contributed by atoms with Crippen molar-refractivity contribution in [1.29, 1.82) is 0 Å². The van der Waals surface area contributed by atoms with Gasteiger partial charge in [0.1, 0.15) is 5.76 Å². The molecular weight excluding hydrogens is 296 g/mol. The van der Waals surface area contributed by atoms with Crippen LogP contribution in [0.5, 0.6) is 0 Å². The van der Waals surface area contributed by atoms with Gasteiger partial charge in [-0.1, -0.05) is 25.0 Å². The Morgan fingerprint density at radius 1 is 1.18 bits per heavy atom. The number of anilines is 1. The van der Waals surface area contributed by atoms with Gasteiger partial charge in [-0.2, -0.15) is 0 Å². The first kappa shape index (κ1) is 15.0. The number of hydrogen-bond acceptors (Lipinski definition) is 3. The number of amides is 2. The second-order valence-corrected chi connectivity index (χ2v) is 6.75. The fourth-order valence-electron chi connectivity index (χ4n) is 2.61. The number of rotatable bonds is 5. The van der Waals surface area contributed by atoms with E-state index < -0.39 is 0 Å². The van der Waals surface area contributed by atoms with Gasteiger partial charge in [-0.25, -0.2) is 4.79 Å². The molecular formula is C17H20N2O2S. The molecule has 1 heterocycles. The summed E-state index contributed by atoms with van der Waals surface area (Å²) in [6.07, 6.45) is 6.77. The summed E-state index contributed by atoms with van der Waals surface area (Å²) in [6.45, 7) is 0.386. The van der Waals surface area contributed by atoms with E-state index in [9.17, 15) is 4.79 Å². The first-order valence-corrected chi connectivity index (χ1v) is 8.52. The van der Waals surface area contributed by atoms with Crippen molar-refractivity contribution in [2.24, 2.45) is 0 Å². The van der Waals surface area contributed by atoms with Gasteiger partial charge in [0, 0.05) is 10.1 Å². The van der Waals surface area contributed by atoms with Crippen LogP contribution in [0.1, 0.15) is 31.4 Å². The van der Waals surface area contributed by atoms with Crippen LogP contribution in [0.4, 0.5) is 10.5 Å². The SMILES string of the molecule is O=C(NCc1ccco1)Nc1ccccc1SC1CCCC1. The molecule has 1 aromatic carbocycles. The number of urea groups is 1. The second kappa shape index (κ2) is 7.40. The van der Waals surface area contributed by atoms with Crippen molar-refractivity contribution in [1.82, 2.24) is 5.32 Å². The molecule has 5 heteroatoms. The van der Waals surface area contributed by atoms with Crippen molar-refractivity contribution in [3.05, 3.63) is 48.4 Å². The largest absolute Gasteiger partial charge is 0.467 e. The zero-order chi connectivity index (χ0) is 15.2. The number of furan rings is 1. The van der Waals surface area contributed by atoms with E-state index in [1.54, 1.807) is 6.26 Å². The van der Waals surface area contributed by atoms with E-state index in [2.05, 4.69) is 16.7 Å². The molecule has 0 saturated heterocycles. The fourth-order valence-corrected chi connectivity index (χ4v) is 3.94. The van der Waals surface area contributed by atoms with Crippen LogP contribution in [-0.4, -0.2) is 11.3 Å². The number of carbonyl (C=O) groups excluding carboxylic acids is 1. The van der Waals surface area contributed by atoms with E-state index in [1.807, 2.05) is 42.1 Å². The highest BCUT2D eigenvalue weighted by molar-refractivity contribution is 8.00. The monoisotopic (exact) mass is 316 g/mol. The molecule has 1 saturated carbocycles. The van der Waals surface area contributed by atoms with Crippen molar-refractivity contribution < 1.29 is 9.21 Å². The van der Waals surface area contributed by atoms with Crippen LogP contribution in [-0.2, 0) is 6.54 Å². The van der Waals surface area contributed by atoms with Crippen LogP contribution in [0.25, 0.3) is 0 Å². The highest BCUT2D eigenvalue weighted by Gasteiger charge is 2.18. The van der Waals surface area contributed by atoms with E-state index >= 15 is 0 Å². The average Bonchev–Trinajstić information content (AvgIpc) is 3.20. The normalized spacial score (nSPS) is 14.9. The molecule has 1 aliphatic carbocycles. The molecule has 2 N–H and O–H groups in total. The third-order valence-electron chi connectivity index (χ3n) is 3.73. The first-order valence-electron chi connectivity index (χ1n) is 7.64. The van der Waals surface area contributed by atoms with Crippen LogP contribution < -0.4 is 10.6 Å². The summed E-state index contributed by atoms with van der Waals surface area (Å²) in [7, 11) is 0. The van der Waals surface area contributed by atoms with E-state index in [4.69, 9.17) is 4.42 Å². The molecule has 4 nitrogen and oxygen atoms in total. The Morgan fingerprint density at radius 2 is 2.00 bits per heavy atom. The molecule has 22 heavy (non-hydrogen) atoms. The van der Waals surface area contributed by atoms with E-state index in [0.717, 1.165) is 16.3 Å². The first-order chi connectivity index (χ1) is 10.8. The van der Waals surface area contributed by atoms with Gasteiger partial charge >= 0.3 is 6.03 Å². The molecule has 1 aliphatic rings. The molecule has 3 rings (SSSR count). The number of benzene rings is 1. The predicted octanol–water partition coefficient (Wildman–Crippen LogP) is 4.64. The van der Waals surface area contributed by atoms with Gasteiger partial charge in [-0.05, 0) is 37.1 Å². The Kier molecular flexibility index (Phi) is 5.06. The third-order valence-corrected chi connectivity index (χ3v) is 5.15. The van der Waals surface area contributed by atoms with Crippen LogP contribution in [0, 0.1) is 0 Å². The van der Waals surface area contributed by atoms with Crippen molar-refractivity contribution in [2.75, 3.05) is 5.32 Å². The maximum Gasteiger partial charge on any atom is 0.319 e. The second-order valence-electron chi connectivity index (χ2n) is 5.41. The Labute approximate surface area is 134 Å². The lowest BCUT2D eigenvalue weighted by molar-refractivity contribution is 0.251. The Balaban J connectivity index is 1.57. The summed E-state index contributed by atoms with van der Waals surface area (Å²) in [5, 5.41) is 6.41. The molecule has 0 unspecified atom stereocenters. The maximum absolute atomic E-state index is 12.0. The highest BCUT2D eigenvalue weighted by Crippen LogP contribution is 2.37. The minimum atomic E-state index is -0.212.